The number of carbonyl (C=O) groups excluding carboxylic acids is 1. The van der Waals surface area contributed by atoms with E-state index in [9.17, 15) is 9.90 Å². The van der Waals surface area contributed by atoms with Gasteiger partial charge in [-0.05, 0) is 29.5 Å². The fourth-order valence-electron chi connectivity index (χ4n) is 2.28. The highest BCUT2D eigenvalue weighted by atomic mass is 16.5. The lowest BCUT2D eigenvalue weighted by atomic mass is 9.88. The summed E-state index contributed by atoms with van der Waals surface area (Å²) >= 11 is 0. The maximum absolute atomic E-state index is 12.2. The van der Waals surface area contributed by atoms with Crippen LogP contribution >= 0.6 is 0 Å². The first-order valence-electron chi connectivity index (χ1n) is 7.42. The van der Waals surface area contributed by atoms with Gasteiger partial charge in [0.25, 0.3) is 5.91 Å². The number of amides is 1. The van der Waals surface area contributed by atoms with E-state index in [-0.39, 0.29) is 22.6 Å². The molecular weight excluding hydrogens is 292 g/mol. The summed E-state index contributed by atoms with van der Waals surface area (Å²) < 4.78 is 4.98. The highest BCUT2D eigenvalue weighted by Crippen LogP contribution is 2.28. The number of pyridine rings is 1. The summed E-state index contributed by atoms with van der Waals surface area (Å²) in [4.78, 5) is 16.1. The molecule has 1 aromatic carbocycles. The summed E-state index contributed by atoms with van der Waals surface area (Å²) in [5, 5.41) is 12.7. The Kier molecular flexibility index (Phi) is 4.89. The molecule has 0 unspecified atom stereocenters. The molecule has 0 spiro atoms. The van der Waals surface area contributed by atoms with Crippen LogP contribution in [0.4, 0.5) is 5.69 Å². The minimum Gasteiger partial charge on any atom is -0.503 e. The first kappa shape index (κ1) is 16.8. The SMILES string of the molecule is COc1ccnc(C(=O)Nc2ccc(CC(C)(C)C)cc2)c1O. The van der Waals surface area contributed by atoms with E-state index >= 15 is 0 Å². The van der Waals surface area contributed by atoms with Crippen molar-refractivity contribution in [2.75, 3.05) is 12.4 Å². The van der Waals surface area contributed by atoms with Crippen LogP contribution in [0.3, 0.4) is 0 Å². The highest BCUT2D eigenvalue weighted by molar-refractivity contribution is 6.05. The van der Waals surface area contributed by atoms with E-state index < -0.39 is 5.91 Å². The number of nitrogens with zero attached hydrogens (tertiary/aromatic N) is 1. The second-order valence-electron chi connectivity index (χ2n) is 6.60. The van der Waals surface area contributed by atoms with Gasteiger partial charge in [-0.1, -0.05) is 32.9 Å². The van der Waals surface area contributed by atoms with E-state index in [0.717, 1.165) is 6.42 Å². The van der Waals surface area contributed by atoms with Gasteiger partial charge in [0, 0.05) is 18.0 Å². The average molecular weight is 314 g/mol. The number of methoxy groups -OCH3 is 1. The smallest absolute Gasteiger partial charge is 0.278 e. The van der Waals surface area contributed by atoms with Crippen molar-refractivity contribution in [3.8, 4) is 11.5 Å². The number of aromatic hydroxyl groups is 1. The first-order chi connectivity index (χ1) is 10.8. The van der Waals surface area contributed by atoms with Gasteiger partial charge in [-0.3, -0.25) is 4.79 Å². The number of nitrogens with one attached hydrogen (secondary N) is 1. The monoisotopic (exact) mass is 314 g/mol. The van der Waals surface area contributed by atoms with Gasteiger partial charge >= 0.3 is 0 Å². The number of benzene rings is 1. The lowest BCUT2D eigenvalue weighted by Gasteiger charge is -2.18. The molecule has 1 amide bonds. The number of hydrogen-bond donors (Lipinski definition) is 2. The van der Waals surface area contributed by atoms with Crippen molar-refractivity contribution < 1.29 is 14.6 Å². The van der Waals surface area contributed by atoms with E-state index in [1.165, 1.54) is 24.9 Å². The lowest BCUT2D eigenvalue weighted by molar-refractivity contribution is 0.101. The summed E-state index contributed by atoms with van der Waals surface area (Å²) in [5.41, 5.74) is 2.00. The van der Waals surface area contributed by atoms with Gasteiger partial charge in [-0.25, -0.2) is 4.98 Å². The van der Waals surface area contributed by atoms with Gasteiger partial charge < -0.3 is 15.2 Å². The summed E-state index contributed by atoms with van der Waals surface area (Å²) in [5.74, 6) is -0.535. The summed E-state index contributed by atoms with van der Waals surface area (Å²) in [6, 6.07) is 9.15. The number of hydrogen-bond acceptors (Lipinski definition) is 4. The van der Waals surface area contributed by atoms with Crippen LogP contribution in [0.15, 0.2) is 36.5 Å². The topological polar surface area (TPSA) is 71.5 Å². The maximum Gasteiger partial charge on any atom is 0.278 e. The van der Waals surface area contributed by atoms with E-state index in [4.69, 9.17) is 4.74 Å². The van der Waals surface area contributed by atoms with Crippen LogP contribution in [-0.4, -0.2) is 23.1 Å². The van der Waals surface area contributed by atoms with Gasteiger partial charge in [0.2, 0.25) is 0 Å². The van der Waals surface area contributed by atoms with Crippen molar-refractivity contribution in [3.63, 3.8) is 0 Å². The van der Waals surface area contributed by atoms with E-state index in [1.807, 2.05) is 24.3 Å². The predicted molar refractivity (Wildman–Crippen MR) is 90.0 cm³/mol. The molecule has 1 heterocycles. The summed E-state index contributed by atoms with van der Waals surface area (Å²) in [6.07, 6.45) is 2.37. The van der Waals surface area contributed by atoms with E-state index in [1.54, 1.807) is 0 Å². The van der Waals surface area contributed by atoms with Crippen LogP contribution < -0.4 is 10.1 Å². The molecule has 1 aromatic heterocycles. The third-order valence-electron chi connectivity index (χ3n) is 3.27. The fraction of sp³-hybridized carbons (Fsp3) is 0.333. The molecule has 0 aliphatic heterocycles. The first-order valence-corrected chi connectivity index (χ1v) is 7.42. The third-order valence-corrected chi connectivity index (χ3v) is 3.27. The molecule has 23 heavy (non-hydrogen) atoms. The largest absolute Gasteiger partial charge is 0.503 e. The van der Waals surface area contributed by atoms with Gasteiger partial charge in [-0.15, -0.1) is 0 Å². The van der Waals surface area contributed by atoms with Crippen LogP contribution in [0.25, 0.3) is 0 Å². The number of carbonyl (C=O) groups is 1. The highest BCUT2D eigenvalue weighted by Gasteiger charge is 2.17. The van der Waals surface area contributed by atoms with Gasteiger partial charge in [0.15, 0.2) is 17.2 Å². The molecule has 0 atom stereocenters. The average Bonchev–Trinajstić information content (AvgIpc) is 2.48. The number of aromatic nitrogens is 1. The van der Waals surface area contributed by atoms with Crippen molar-refractivity contribution in [1.82, 2.24) is 4.98 Å². The predicted octanol–water partition coefficient (Wildman–Crippen LogP) is 3.64. The van der Waals surface area contributed by atoms with Crippen molar-refractivity contribution in [3.05, 3.63) is 47.8 Å². The summed E-state index contributed by atoms with van der Waals surface area (Å²) in [6.45, 7) is 6.54. The molecule has 5 heteroatoms. The van der Waals surface area contributed by atoms with Crippen LogP contribution in [0.5, 0.6) is 11.5 Å². The second-order valence-corrected chi connectivity index (χ2v) is 6.60. The third kappa shape index (κ3) is 4.45. The van der Waals surface area contributed by atoms with Crippen molar-refractivity contribution >= 4 is 11.6 Å². The Morgan fingerprint density at radius 1 is 1.22 bits per heavy atom. The Bertz CT molecular complexity index is 688. The molecule has 5 nitrogen and oxygen atoms in total. The van der Waals surface area contributed by atoms with Crippen LogP contribution in [-0.2, 0) is 6.42 Å². The quantitative estimate of drug-likeness (QED) is 0.904. The van der Waals surface area contributed by atoms with Crippen molar-refractivity contribution in [1.29, 1.82) is 0 Å². The van der Waals surface area contributed by atoms with Gasteiger partial charge in [-0.2, -0.15) is 0 Å². The molecule has 0 aliphatic carbocycles. The molecule has 0 aliphatic rings. The summed E-state index contributed by atoms with van der Waals surface area (Å²) in [7, 11) is 1.42. The molecule has 0 radical (unpaired) electrons. The molecule has 0 fully saturated rings. The zero-order chi connectivity index (χ0) is 17.0. The molecular formula is C18H22N2O3. The fourth-order valence-corrected chi connectivity index (χ4v) is 2.28. The Hall–Kier alpha value is -2.56. The van der Waals surface area contributed by atoms with Crippen LogP contribution in [0, 0.1) is 5.41 Å². The molecule has 2 aromatic rings. The molecule has 2 rings (SSSR count). The molecule has 0 bridgehead atoms. The minimum absolute atomic E-state index is 0.0666. The molecule has 2 N–H and O–H groups in total. The molecule has 0 saturated heterocycles. The van der Waals surface area contributed by atoms with Crippen LogP contribution in [0.2, 0.25) is 0 Å². The maximum atomic E-state index is 12.2. The second kappa shape index (κ2) is 6.69. The van der Waals surface area contributed by atoms with Gasteiger partial charge in [0.05, 0.1) is 7.11 Å². The normalized spacial score (nSPS) is 11.1. The Morgan fingerprint density at radius 2 is 1.87 bits per heavy atom. The van der Waals surface area contributed by atoms with Crippen molar-refractivity contribution in [2.24, 2.45) is 5.41 Å². The van der Waals surface area contributed by atoms with E-state index in [0.29, 0.717) is 5.69 Å². The lowest BCUT2D eigenvalue weighted by Crippen LogP contribution is -2.14. The number of ether oxygens (including phenoxy) is 1. The zero-order valence-electron chi connectivity index (χ0n) is 13.9. The Morgan fingerprint density at radius 3 is 2.43 bits per heavy atom. The standard InChI is InChI=1S/C18H22N2O3/c1-18(2,3)11-12-5-7-13(8-6-12)20-17(22)15-16(21)14(23-4)9-10-19-15/h5-10,21H,11H2,1-4H3,(H,20,22). The minimum atomic E-state index is -0.482. The zero-order valence-corrected chi connectivity index (χ0v) is 13.9. The Labute approximate surface area is 136 Å². The Balaban J connectivity index is 2.12. The molecule has 0 saturated carbocycles. The number of anilines is 1. The van der Waals surface area contributed by atoms with E-state index in [2.05, 4.69) is 31.1 Å². The van der Waals surface area contributed by atoms with Gasteiger partial charge in [0.1, 0.15) is 0 Å². The van der Waals surface area contributed by atoms with Crippen LogP contribution in [0.1, 0.15) is 36.8 Å². The molecule has 122 valence electrons. The van der Waals surface area contributed by atoms with Crippen molar-refractivity contribution in [2.45, 2.75) is 27.2 Å². The number of rotatable bonds is 4.